The van der Waals surface area contributed by atoms with Gasteiger partial charge in [-0.15, -0.1) is 0 Å². The maximum atomic E-state index is 6.12. The average Bonchev–Trinajstić information content (AvgIpc) is 2.30. The molecule has 0 aromatic carbocycles. The van der Waals surface area contributed by atoms with Gasteiger partial charge in [-0.2, -0.15) is 0 Å². The van der Waals surface area contributed by atoms with Gasteiger partial charge in [0.1, 0.15) is 0 Å². The molecule has 0 amide bonds. The number of hydrogen-bond acceptors (Lipinski definition) is 2. The van der Waals surface area contributed by atoms with E-state index in [0.717, 1.165) is 32.0 Å². The fourth-order valence-electron chi connectivity index (χ4n) is 2.01. The summed E-state index contributed by atoms with van der Waals surface area (Å²) in [7, 11) is 0. The molecule has 16 heavy (non-hydrogen) atoms. The van der Waals surface area contributed by atoms with Crippen molar-refractivity contribution in [2.45, 2.75) is 71.8 Å². The minimum Gasteiger partial charge on any atom is -0.381 e. The highest BCUT2D eigenvalue weighted by atomic mass is 16.5. The zero-order valence-electron chi connectivity index (χ0n) is 11.5. The summed E-state index contributed by atoms with van der Waals surface area (Å²) < 4.78 is 5.47. The number of ether oxygens (including phenoxy) is 1. The smallest absolute Gasteiger partial charge is 0.0480 e. The molecule has 0 fully saturated rings. The Labute approximate surface area is 102 Å². The molecule has 0 aromatic rings. The summed E-state index contributed by atoms with van der Waals surface area (Å²) in [5, 5.41) is 0. The Morgan fingerprint density at radius 1 is 1.00 bits per heavy atom. The lowest BCUT2D eigenvalue weighted by molar-refractivity contribution is 0.125. The van der Waals surface area contributed by atoms with Gasteiger partial charge in [0.15, 0.2) is 0 Å². The van der Waals surface area contributed by atoms with Crippen molar-refractivity contribution in [3.05, 3.63) is 0 Å². The molecular formula is C14H31NO. The molecule has 0 saturated heterocycles. The lowest BCUT2D eigenvalue weighted by Gasteiger charge is -2.19. The summed E-state index contributed by atoms with van der Waals surface area (Å²) >= 11 is 0. The standard InChI is InChI=1S/C14H31NO/c1-4-7-8-13(6-3)12-14(15)9-11-16-10-5-2/h13-14H,4-12,15H2,1-3H3. The van der Waals surface area contributed by atoms with E-state index < -0.39 is 0 Å². The molecule has 2 nitrogen and oxygen atoms in total. The SMILES string of the molecule is CCCCC(CC)CC(N)CCOCCC. The molecule has 0 rings (SSSR count). The normalized spacial score (nSPS) is 15.0. The van der Waals surface area contributed by atoms with Gasteiger partial charge in [0.2, 0.25) is 0 Å². The lowest BCUT2D eigenvalue weighted by atomic mass is 9.91. The van der Waals surface area contributed by atoms with Crippen molar-refractivity contribution in [1.82, 2.24) is 0 Å². The van der Waals surface area contributed by atoms with Gasteiger partial charge < -0.3 is 10.5 Å². The fraction of sp³-hybridized carbons (Fsp3) is 1.00. The number of unbranched alkanes of at least 4 members (excludes halogenated alkanes) is 1. The van der Waals surface area contributed by atoms with Crippen molar-refractivity contribution in [3.8, 4) is 0 Å². The Bertz CT molecular complexity index is 139. The van der Waals surface area contributed by atoms with E-state index >= 15 is 0 Å². The van der Waals surface area contributed by atoms with Gasteiger partial charge in [-0.1, -0.05) is 46.5 Å². The van der Waals surface area contributed by atoms with Gasteiger partial charge in [0.25, 0.3) is 0 Å². The first kappa shape index (κ1) is 15.9. The van der Waals surface area contributed by atoms with Crippen LogP contribution in [0.3, 0.4) is 0 Å². The Morgan fingerprint density at radius 2 is 1.75 bits per heavy atom. The van der Waals surface area contributed by atoms with Crippen molar-refractivity contribution in [2.24, 2.45) is 11.7 Å². The van der Waals surface area contributed by atoms with Gasteiger partial charge in [0.05, 0.1) is 0 Å². The third kappa shape index (κ3) is 9.17. The van der Waals surface area contributed by atoms with Crippen molar-refractivity contribution in [2.75, 3.05) is 13.2 Å². The Hall–Kier alpha value is -0.0800. The summed E-state index contributed by atoms with van der Waals surface area (Å²) in [5.74, 6) is 0.820. The highest BCUT2D eigenvalue weighted by Crippen LogP contribution is 2.18. The van der Waals surface area contributed by atoms with Crippen LogP contribution in [-0.2, 0) is 4.74 Å². The van der Waals surface area contributed by atoms with Crippen LogP contribution in [-0.4, -0.2) is 19.3 Å². The average molecular weight is 229 g/mol. The van der Waals surface area contributed by atoms with Crippen LogP contribution in [0.1, 0.15) is 65.7 Å². The Balaban J connectivity index is 3.53. The molecule has 0 heterocycles. The third-order valence-corrected chi connectivity index (χ3v) is 3.16. The summed E-state index contributed by atoms with van der Waals surface area (Å²) in [4.78, 5) is 0. The van der Waals surface area contributed by atoms with Crippen LogP contribution in [0.4, 0.5) is 0 Å². The first-order valence-corrected chi connectivity index (χ1v) is 7.07. The van der Waals surface area contributed by atoms with E-state index in [1.807, 2.05) is 0 Å². The number of rotatable bonds is 11. The second kappa shape index (κ2) is 11.4. The highest BCUT2D eigenvalue weighted by molar-refractivity contribution is 4.67. The van der Waals surface area contributed by atoms with Gasteiger partial charge in [0, 0.05) is 19.3 Å². The number of hydrogen-bond donors (Lipinski definition) is 1. The van der Waals surface area contributed by atoms with Gasteiger partial charge >= 0.3 is 0 Å². The first-order chi connectivity index (χ1) is 7.74. The van der Waals surface area contributed by atoms with Crippen LogP contribution in [0, 0.1) is 5.92 Å². The summed E-state index contributed by atoms with van der Waals surface area (Å²) in [6, 6.07) is 0.332. The van der Waals surface area contributed by atoms with E-state index in [-0.39, 0.29) is 0 Å². The molecule has 0 saturated carbocycles. The van der Waals surface area contributed by atoms with Crippen LogP contribution in [0.2, 0.25) is 0 Å². The van der Waals surface area contributed by atoms with Crippen LogP contribution in [0.25, 0.3) is 0 Å². The molecule has 2 unspecified atom stereocenters. The summed E-state index contributed by atoms with van der Waals surface area (Å²) in [6.45, 7) is 8.38. The zero-order valence-corrected chi connectivity index (χ0v) is 11.5. The number of nitrogens with two attached hydrogens (primary N) is 1. The quantitative estimate of drug-likeness (QED) is 0.548. The van der Waals surface area contributed by atoms with Crippen molar-refractivity contribution in [3.63, 3.8) is 0 Å². The molecule has 2 heteroatoms. The lowest BCUT2D eigenvalue weighted by Crippen LogP contribution is -2.25. The summed E-state index contributed by atoms with van der Waals surface area (Å²) in [6.07, 6.45) is 8.54. The van der Waals surface area contributed by atoms with E-state index in [2.05, 4.69) is 20.8 Å². The predicted octanol–water partition coefficient (Wildman–Crippen LogP) is 3.74. The van der Waals surface area contributed by atoms with Gasteiger partial charge in [-0.05, 0) is 25.2 Å². The molecule has 0 radical (unpaired) electrons. The molecule has 0 aliphatic carbocycles. The van der Waals surface area contributed by atoms with E-state index in [0.29, 0.717) is 6.04 Å². The van der Waals surface area contributed by atoms with Crippen LogP contribution in [0.5, 0.6) is 0 Å². The topological polar surface area (TPSA) is 35.2 Å². The molecule has 0 aliphatic rings. The van der Waals surface area contributed by atoms with E-state index in [1.165, 1.54) is 32.1 Å². The minimum atomic E-state index is 0.332. The monoisotopic (exact) mass is 229 g/mol. The maximum absolute atomic E-state index is 6.12. The first-order valence-electron chi connectivity index (χ1n) is 7.07. The van der Waals surface area contributed by atoms with Crippen molar-refractivity contribution < 1.29 is 4.74 Å². The fourth-order valence-corrected chi connectivity index (χ4v) is 2.01. The highest BCUT2D eigenvalue weighted by Gasteiger charge is 2.11. The van der Waals surface area contributed by atoms with Crippen LogP contribution < -0.4 is 5.73 Å². The largest absolute Gasteiger partial charge is 0.381 e. The van der Waals surface area contributed by atoms with Gasteiger partial charge in [-0.25, -0.2) is 0 Å². The Kier molecular flexibility index (Phi) is 11.3. The minimum absolute atomic E-state index is 0.332. The predicted molar refractivity (Wildman–Crippen MR) is 71.6 cm³/mol. The molecular weight excluding hydrogens is 198 g/mol. The van der Waals surface area contributed by atoms with Crippen LogP contribution >= 0.6 is 0 Å². The van der Waals surface area contributed by atoms with Crippen molar-refractivity contribution in [1.29, 1.82) is 0 Å². The molecule has 0 aliphatic heterocycles. The molecule has 0 bridgehead atoms. The Morgan fingerprint density at radius 3 is 2.31 bits per heavy atom. The second-order valence-corrected chi connectivity index (χ2v) is 4.81. The molecule has 0 aromatic heterocycles. The van der Waals surface area contributed by atoms with Crippen molar-refractivity contribution >= 4 is 0 Å². The zero-order chi connectivity index (χ0) is 12.2. The van der Waals surface area contributed by atoms with Gasteiger partial charge in [-0.3, -0.25) is 0 Å². The second-order valence-electron chi connectivity index (χ2n) is 4.81. The van der Waals surface area contributed by atoms with E-state index in [1.54, 1.807) is 0 Å². The summed E-state index contributed by atoms with van der Waals surface area (Å²) in [5.41, 5.74) is 6.12. The maximum Gasteiger partial charge on any atom is 0.0480 e. The molecule has 2 atom stereocenters. The molecule has 2 N–H and O–H groups in total. The third-order valence-electron chi connectivity index (χ3n) is 3.16. The molecule has 98 valence electrons. The molecule has 0 spiro atoms. The van der Waals surface area contributed by atoms with E-state index in [9.17, 15) is 0 Å². The van der Waals surface area contributed by atoms with E-state index in [4.69, 9.17) is 10.5 Å². The van der Waals surface area contributed by atoms with Crippen LogP contribution in [0.15, 0.2) is 0 Å².